The average molecular weight is 410 g/mol. The third-order valence-corrected chi connectivity index (χ3v) is 5.18. The molecule has 0 spiro atoms. The van der Waals surface area contributed by atoms with E-state index in [4.69, 9.17) is 0 Å². The van der Waals surface area contributed by atoms with Gasteiger partial charge in [-0.1, -0.05) is 36.7 Å². The second kappa shape index (κ2) is 6.39. The Labute approximate surface area is 134 Å². The number of nitro groups is 1. The van der Waals surface area contributed by atoms with E-state index in [9.17, 15) is 14.9 Å². The second-order valence-corrected chi connectivity index (χ2v) is 7.33. The molecule has 0 amide bonds. The molecule has 1 rings (SSSR count). The molecule has 1 atom stereocenters. The summed E-state index contributed by atoms with van der Waals surface area (Å²) in [4.78, 5) is 22.8. The van der Waals surface area contributed by atoms with Crippen LogP contribution in [-0.2, 0) is 6.54 Å². The molecule has 1 heterocycles. The summed E-state index contributed by atoms with van der Waals surface area (Å²) in [5.74, 6) is 0.189. The molecule has 5 nitrogen and oxygen atoms in total. The third kappa shape index (κ3) is 3.69. The van der Waals surface area contributed by atoms with Crippen LogP contribution in [0.4, 0.5) is 5.69 Å². The maximum Gasteiger partial charge on any atom is 0.289 e. The summed E-state index contributed by atoms with van der Waals surface area (Å²) in [5, 5.41) is 11.8. The van der Waals surface area contributed by atoms with Gasteiger partial charge in [0.1, 0.15) is 0 Å². The van der Waals surface area contributed by atoms with Gasteiger partial charge in [0.05, 0.1) is 15.6 Å². The highest BCUT2D eigenvalue weighted by Gasteiger charge is 2.26. The number of rotatable bonds is 4. The summed E-state index contributed by atoms with van der Waals surface area (Å²) in [6, 6.07) is 0. The van der Waals surface area contributed by atoms with E-state index in [2.05, 4.69) is 52.6 Å². The van der Waals surface area contributed by atoms with E-state index in [1.807, 2.05) is 0 Å². The Balaban J connectivity index is 3.33. The smallest absolute Gasteiger partial charge is 0.289 e. The highest BCUT2D eigenvalue weighted by Crippen LogP contribution is 2.30. The fourth-order valence-corrected chi connectivity index (χ4v) is 3.42. The van der Waals surface area contributed by atoms with Crippen LogP contribution in [-0.4, -0.2) is 14.8 Å². The topological polar surface area (TPSA) is 65.1 Å². The molecular formula is C13H18Br2N2O3. The van der Waals surface area contributed by atoms with Crippen LogP contribution in [0.2, 0.25) is 0 Å². The lowest BCUT2D eigenvalue weighted by atomic mass is 9.82. The molecule has 0 aliphatic heterocycles. The summed E-state index contributed by atoms with van der Waals surface area (Å²) >= 11 is 6.62. The van der Waals surface area contributed by atoms with Crippen molar-refractivity contribution in [1.82, 2.24) is 4.57 Å². The van der Waals surface area contributed by atoms with Gasteiger partial charge >= 0.3 is 0 Å². The molecule has 0 aromatic carbocycles. The van der Waals surface area contributed by atoms with E-state index < -0.39 is 4.92 Å². The SMILES string of the molecule is Cc1c([N+](=O)[O-])cn(CC(CBr)C(C)(C)C)c(=O)c1Br. The Hall–Kier alpha value is -0.690. The quantitative estimate of drug-likeness (QED) is 0.430. The van der Waals surface area contributed by atoms with Crippen LogP contribution in [0.3, 0.4) is 0 Å². The van der Waals surface area contributed by atoms with Crippen LogP contribution in [0, 0.1) is 28.4 Å². The lowest BCUT2D eigenvalue weighted by Gasteiger charge is -2.29. The van der Waals surface area contributed by atoms with Gasteiger partial charge in [-0.3, -0.25) is 14.9 Å². The molecule has 0 N–H and O–H groups in total. The summed E-state index contributed by atoms with van der Waals surface area (Å²) < 4.78 is 1.68. The van der Waals surface area contributed by atoms with Crippen molar-refractivity contribution in [2.45, 2.75) is 34.2 Å². The molecule has 112 valence electrons. The number of halogens is 2. The second-order valence-electron chi connectivity index (χ2n) is 5.89. The largest absolute Gasteiger partial charge is 0.308 e. The molecule has 0 aliphatic rings. The molecule has 1 aromatic rings. The molecule has 1 aromatic heterocycles. The number of aromatic nitrogens is 1. The number of alkyl halides is 1. The van der Waals surface area contributed by atoms with Crippen LogP contribution in [0.1, 0.15) is 26.3 Å². The zero-order chi connectivity index (χ0) is 15.7. The molecule has 0 aliphatic carbocycles. The predicted molar refractivity (Wildman–Crippen MR) is 86.5 cm³/mol. The number of pyridine rings is 1. The Morgan fingerprint density at radius 2 is 2.00 bits per heavy atom. The van der Waals surface area contributed by atoms with Gasteiger partial charge in [-0.05, 0) is 34.2 Å². The van der Waals surface area contributed by atoms with Crippen molar-refractivity contribution in [1.29, 1.82) is 0 Å². The van der Waals surface area contributed by atoms with E-state index >= 15 is 0 Å². The molecule has 0 bridgehead atoms. The van der Waals surface area contributed by atoms with Gasteiger partial charge in [0, 0.05) is 17.4 Å². The van der Waals surface area contributed by atoms with Gasteiger partial charge in [-0.15, -0.1) is 0 Å². The van der Waals surface area contributed by atoms with E-state index in [-0.39, 0.29) is 27.1 Å². The van der Waals surface area contributed by atoms with Crippen molar-refractivity contribution < 1.29 is 4.92 Å². The Bertz CT molecular complexity index is 576. The highest BCUT2D eigenvalue weighted by atomic mass is 79.9. The summed E-state index contributed by atoms with van der Waals surface area (Å²) in [5.41, 5.74) is 0.0825. The lowest BCUT2D eigenvalue weighted by Crippen LogP contribution is -2.32. The maximum atomic E-state index is 12.2. The van der Waals surface area contributed by atoms with Crippen molar-refractivity contribution in [3.8, 4) is 0 Å². The fraction of sp³-hybridized carbons (Fsp3) is 0.615. The van der Waals surface area contributed by atoms with Crippen LogP contribution in [0.5, 0.6) is 0 Å². The van der Waals surface area contributed by atoms with Crippen LogP contribution in [0.25, 0.3) is 0 Å². The first-order valence-corrected chi connectivity index (χ1v) is 8.11. The summed E-state index contributed by atoms with van der Waals surface area (Å²) in [6.07, 6.45) is 1.34. The molecule has 20 heavy (non-hydrogen) atoms. The molecule has 1 unspecified atom stereocenters. The number of hydrogen-bond donors (Lipinski definition) is 0. The Morgan fingerprint density at radius 1 is 1.45 bits per heavy atom. The Morgan fingerprint density at radius 3 is 2.40 bits per heavy atom. The molecule has 0 radical (unpaired) electrons. The molecule has 7 heteroatoms. The highest BCUT2D eigenvalue weighted by molar-refractivity contribution is 9.10. The minimum atomic E-state index is -0.462. The number of nitrogens with zero attached hydrogens (tertiary/aromatic N) is 2. The van der Waals surface area contributed by atoms with Crippen molar-refractivity contribution >= 4 is 37.5 Å². The summed E-state index contributed by atoms with van der Waals surface area (Å²) in [6.45, 7) is 8.26. The summed E-state index contributed by atoms with van der Waals surface area (Å²) in [7, 11) is 0. The van der Waals surface area contributed by atoms with Gasteiger partial charge in [0.2, 0.25) is 0 Å². The van der Waals surface area contributed by atoms with Crippen molar-refractivity contribution in [3.05, 3.63) is 36.7 Å². The Kier molecular flexibility index (Phi) is 5.54. The zero-order valence-electron chi connectivity index (χ0n) is 11.9. The fourth-order valence-electron chi connectivity index (χ4n) is 1.81. The van der Waals surface area contributed by atoms with E-state index in [0.29, 0.717) is 12.1 Å². The van der Waals surface area contributed by atoms with E-state index in [1.54, 1.807) is 6.92 Å². The first kappa shape index (κ1) is 17.4. The van der Waals surface area contributed by atoms with Gasteiger partial charge in [-0.25, -0.2) is 0 Å². The minimum absolute atomic E-state index is 0.00488. The maximum absolute atomic E-state index is 12.2. The molecule has 0 saturated heterocycles. The predicted octanol–water partition coefficient (Wildman–Crippen LogP) is 3.88. The molecular weight excluding hydrogens is 392 g/mol. The average Bonchev–Trinajstić information content (AvgIpc) is 2.33. The number of hydrogen-bond acceptors (Lipinski definition) is 3. The lowest BCUT2D eigenvalue weighted by molar-refractivity contribution is -0.386. The van der Waals surface area contributed by atoms with Gasteiger partial charge in [-0.2, -0.15) is 0 Å². The van der Waals surface area contributed by atoms with Gasteiger partial charge in [0.15, 0.2) is 0 Å². The van der Waals surface area contributed by atoms with Gasteiger partial charge in [0.25, 0.3) is 11.2 Å². The van der Waals surface area contributed by atoms with Crippen molar-refractivity contribution in [2.24, 2.45) is 11.3 Å². The first-order valence-electron chi connectivity index (χ1n) is 6.19. The minimum Gasteiger partial charge on any atom is -0.308 e. The zero-order valence-corrected chi connectivity index (χ0v) is 15.1. The van der Waals surface area contributed by atoms with E-state index in [0.717, 1.165) is 5.33 Å². The van der Waals surface area contributed by atoms with Crippen molar-refractivity contribution in [2.75, 3.05) is 5.33 Å². The monoisotopic (exact) mass is 408 g/mol. The normalized spacial score (nSPS) is 13.3. The molecule has 0 fully saturated rings. The standard InChI is InChI=1S/C13H18Br2N2O3/c1-8-10(17(19)20)7-16(12(18)11(8)15)6-9(5-14)13(2,3)4/h7,9H,5-6H2,1-4H3. The van der Waals surface area contributed by atoms with Crippen LogP contribution < -0.4 is 5.56 Å². The van der Waals surface area contributed by atoms with Crippen LogP contribution in [0.15, 0.2) is 15.5 Å². The van der Waals surface area contributed by atoms with E-state index in [1.165, 1.54) is 10.8 Å². The molecule has 0 saturated carbocycles. The third-order valence-electron chi connectivity index (χ3n) is 3.46. The van der Waals surface area contributed by atoms with Crippen molar-refractivity contribution in [3.63, 3.8) is 0 Å². The van der Waals surface area contributed by atoms with Crippen LogP contribution >= 0.6 is 31.9 Å². The first-order chi connectivity index (χ1) is 9.09. The van der Waals surface area contributed by atoms with Gasteiger partial charge < -0.3 is 4.57 Å².